The third-order valence-electron chi connectivity index (χ3n) is 0.901. The Hall–Kier alpha value is -0.580. The Kier molecular flexibility index (Phi) is 4.85. The molecule has 0 radical (unpaired) electrons. The van der Waals surface area contributed by atoms with Crippen molar-refractivity contribution >= 4 is 29.0 Å². The molecule has 0 N–H and O–H groups in total. The van der Waals surface area contributed by atoms with Crippen LogP contribution in [0.1, 0.15) is 6.92 Å². The van der Waals surface area contributed by atoms with E-state index in [9.17, 15) is 4.79 Å². The molecule has 0 spiro atoms. The van der Waals surface area contributed by atoms with Gasteiger partial charge in [0.2, 0.25) is 0 Å². The molecule has 60 valence electrons. The van der Waals surface area contributed by atoms with Crippen LogP contribution in [0.5, 0.6) is 0 Å². The summed E-state index contributed by atoms with van der Waals surface area (Å²) in [7, 11) is 0. The maximum Gasteiger partial charge on any atom is 0.346 e. The first-order valence-corrected chi connectivity index (χ1v) is 3.81. The molecule has 0 fully saturated rings. The molecule has 0 aliphatic rings. The van der Waals surface area contributed by atoms with Crippen molar-refractivity contribution in [2.75, 3.05) is 0 Å². The normalized spacial score (nSPS) is 9.64. The van der Waals surface area contributed by atoms with E-state index in [1.165, 1.54) is 23.0 Å². The average Bonchev–Trinajstić information content (AvgIpc) is 1.98. The van der Waals surface area contributed by atoms with Gasteiger partial charge in [0.05, 0.1) is 5.57 Å². The molecule has 0 atom stereocenters. The molecule has 0 saturated carbocycles. The molecule has 0 aromatic heterocycles. The SMILES string of the molecule is C=C(C)/C=C\C(=C)C(=O)OI. The van der Waals surface area contributed by atoms with Crippen LogP contribution >= 0.6 is 23.0 Å². The Balaban J connectivity index is 4.08. The molecule has 0 aliphatic carbocycles. The number of hydrogen-bond acceptors (Lipinski definition) is 2. The Bertz CT molecular complexity index is 216. The van der Waals surface area contributed by atoms with Crippen LogP contribution in [-0.4, -0.2) is 5.97 Å². The highest BCUT2D eigenvalue weighted by molar-refractivity contribution is 14.1. The van der Waals surface area contributed by atoms with Crippen molar-refractivity contribution in [2.45, 2.75) is 6.92 Å². The minimum Gasteiger partial charge on any atom is -0.391 e. The molecule has 0 bridgehead atoms. The van der Waals surface area contributed by atoms with Crippen LogP contribution in [-0.2, 0) is 7.86 Å². The third-order valence-corrected chi connectivity index (χ3v) is 1.30. The van der Waals surface area contributed by atoms with Crippen LogP contribution in [0, 0.1) is 0 Å². The minimum absolute atomic E-state index is 0.322. The van der Waals surface area contributed by atoms with Crippen molar-refractivity contribution in [1.29, 1.82) is 0 Å². The summed E-state index contributed by atoms with van der Waals surface area (Å²) in [6.07, 6.45) is 3.28. The second-order valence-electron chi connectivity index (χ2n) is 2.07. The van der Waals surface area contributed by atoms with Gasteiger partial charge >= 0.3 is 5.97 Å². The number of rotatable bonds is 3. The lowest BCUT2D eigenvalue weighted by Crippen LogP contribution is -1.96. The van der Waals surface area contributed by atoms with Crippen molar-refractivity contribution < 1.29 is 7.86 Å². The highest BCUT2D eigenvalue weighted by atomic mass is 127. The van der Waals surface area contributed by atoms with Crippen LogP contribution < -0.4 is 0 Å². The summed E-state index contributed by atoms with van der Waals surface area (Å²) in [5, 5.41) is 0. The maximum absolute atomic E-state index is 10.7. The van der Waals surface area contributed by atoms with E-state index in [1.54, 1.807) is 12.2 Å². The molecular formula is C8H9IO2. The first-order valence-electron chi connectivity index (χ1n) is 2.93. The molecule has 0 unspecified atom stereocenters. The van der Waals surface area contributed by atoms with Crippen LogP contribution in [0.25, 0.3) is 0 Å². The van der Waals surface area contributed by atoms with E-state index in [-0.39, 0.29) is 0 Å². The fourth-order valence-corrected chi connectivity index (χ4v) is 0.643. The molecule has 2 nitrogen and oxygen atoms in total. The van der Waals surface area contributed by atoms with E-state index >= 15 is 0 Å². The van der Waals surface area contributed by atoms with Gasteiger partial charge in [-0.05, 0) is 13.0 Å². The zero-order chi connectivity index (χ0) is 8.85. The van der Waals surface area contributed by atoms with Crippen LogP contribution in [0.3, 0.4) is 0 Å². The molecule has 0 aromatic rings. The van der Waals surface area contributed by atoms with E-state index in [2.05, 4.69) is 16.2 Å². The fraction of sp³-hybridized carbons (Fsp3) is 0.125. The summed E-state index contributed by atoms with van der Waals surface area (Å²) in [4.78, 5) is 10.7. The van der Waals surface area contributed by atoms with Crippen molar-refractivity contribution in [1.82, 2.24) is 0 Å². The van der Waals surface area contributed by atoms with E-state index in [0.717, 1.165) is 5.57 Å². The minimum atomic E-state index is -0.428. The molecule has 0 rings (SSSR count). The van der Waals surface area contributed by atoms with Gasteiger partial charge in [0.1, 0.15) is 0 Å². The fourth-order valence-electron chi connectivity index (χ4n) is 0.360. The average molecular weight is 264 g/mol. The first-order chi connectivity index (χ1) is 5.07. The van der Waals surface area contributed by atoms with Gasteiger partial charge in [0, 0.05) is 0 Å². The molecule has 0 amide bonds. The summed E-state index contributed by atoms with van der Waals surface area (Å²) >= 11 is 1.52. The van der Waals surface area contributed by atoms with Crippen LogP contribution in [0.4, 0.5) is 0 Å². The molecule has 0 heterocycles. The molecule has 0 saturated heterocycles. The third kappa shape index (κ3) is 4.78. The first kappa shape index (κ1) is 10.4. The smallest absolute Gasteiger partial charge is 0.346 e. The van der Waals surface area contributed by atoms with Gasteiger partial charge in [0.25, 0.3) is 0 Å². The topological polar surface area (TPSA) is 26.3 Å². The quantitative estimate of drug-likeness (QED) is 0.445. The highest BCUT2D eigenvalue weighted by Gasteiger charge is 2.01. The summed E-state index contributed by atoms with van der Waals surface area (Å²) < 4.78 is 4.39. The second kappa shape index (κ2) is 5.12. The van der Waals surface area contributed by atoms with E-state index in [4.69, 9.17) is 0 Å². The van der Waals surface area contributed by atoms with Gasteiger partial charge in [0.15, 0.2) is 23.0 Å². The van der Waals surface area contributed by atoms with Gasteiger partial charge in [-0.1, -0.05) is 24.8 Å². The predicted molar refractivity (Wildman–Crippen MR) is 53.2 cm³/mol. The second-order valence-corrected chi connectivity index (χ2v) is 2.51. The molecule has 0 aromatic carbocycles. The summed E-state index contributed by atoms with van der Waals surface area (Å²) in [6, 6.07) is 0. The van der Waals surface area contributed by atoms with E-state index in [0.29, 0.717) is 5.57 Å². The molecular weight excluding hydrogens is 255 g/mol. The number of halogens is 1. The summed E-state index contributed by atoms with van der Waals surface area (Å²) in [6.45, 7) is 8.95. The van der Waals surface area contributed by atoms with E-state index in [1.807, 2.05) is 6.92 Å². The number of hydrogen-bond donors (Lipinski definition) is 0. The summed E-state index contributed by atoms with van der Waals surface area (Å²) in [5.74, 6) is -0.428. The molecule has 3 heteroatoms. The van der Waals surface area contributed by atoms with Gasteiger partial charge in [-0.3, -0.25) is 0 Å². The zero-order valence-electron chi connectivity index (χ0n) is 6.26. The van der Waals surface area contributed by atoms with Crippen LogP contribution in [0.2, 0.25) is 0 Å². The zero-order valence-corrected chi connectivity index (χ0v) is 8.42. The Morgan fingerprint density at radius 2 is 2.00 bits per heavy atom. The van der Waals surface area contributed by atoms with Crippen molar-refractivity contribution in [3.63, 3.8) is 0 Å². The maximum atomic E-state index is 10.7. The standard InChI is InChI=1S/C8H9IO2/c1-6(2)4-5-7(3)8(10)11-9/h4-5H,1,3H2,2H3/b5-4-. The van der Waals surface area contributed by atoms with Crippen LogP contribution in [0.15, 0.2) is 36.5 Å². The highest BCUT2D eigenvalue weighted by Crippen LogP contribution is 2.02. The lowest BCUT2D eigenvalue weighted by molar-refractivity contribution is -0.126. The number of carbonyl (C=O) groups excluding carboxylic acids is 1. The Labute approximate surface area is 80.3 Å². The molecule has 0 aliphatic heterocycles. The monoisotopic (exact) mass is 264 g/mol. The summed E-state index contributed by atoms with van der Waals surface area (Å²) in [5.41, 5.74) is 1.19. The number of carbonyl (C=O) groups is 1. The number of allylic oxidation sites excluding steroid dienone is 2. The predicted octanol–water partition coefficient (Wildman–Crippen LogP) is 2.57. The van der Waals surface area contributed by atoms with Crippen molar-refractivity contribution in [3.8, 4) is 0 Å². The van der Waals surface area contributed by atoms with Gasteiger partial charge in [-0.15, -0.1) is 0 Å². The van der Waals surface area contributed by atoms with Crippen molar-refractivity contribution in [2.24, 2.45) is 0 Å². The largest absolute Gasteiger partial charge is 0.391 e. The van der Waals surface area contributed by atoms with Gasteiger partial charge in [-0.2, -0.15) is 0 Å². The molecule has 11 heavy (non-hydrogen) atoms. The lowest BCUT2D eigenvalue weighted by Gasteiger charge is -1.93. The Morgan fingerprint density at radius 3 is 2.36 bits per heavy atom. The Morgan fingerprint density at radius 1 is 1.45 bits per heavy atom. The van der Waals surface area contributed by atoms with E-state index < -0.39 is 5.97 Å². The van der Waals surface area contributed by atoms with Crippen molar-refractivity contribution in [3.05, 3.63) is 36.5 Å². The lowest BCUT2D eigenvalue weighted by atomic mass is 10.2. The van der Waals surface area contributed by atoms with Gasteiger partial charge in [-0.25, -0.2) is 4.79 Å². The van der Waals surface area contributed by atoms with Gasteiger partial charge < -0.3 is 3.07 Å².